The van der Waals surface area contributed by atoms with Crippen molar-refractivity contribution in [2.75, 3.05) is 5.75 Å². The van der Waals surface area contributed by atoms with E-state index < -0.39 is 5.97 Å². The summed E-state index contributed by atoms with van der Waals surface area (Å²) in [5.74, 6) is 2.12. The van der Waals surface area contributed by atoms with E-state index in [2.05, 4.69) is 9.97 Å². The van der Waals surface area contributed by atoms with Gasteiger partial charge in [-0.2, -0.15) is 0 Å². The molecule has 0 spiro atoms. The van der Waals surface area contributed by atoms with Gasteiger partial charge in [0.25, 0.3) is 0 Å². The lowest BCUT2D eigenvalue weighted by molar-refractivity contribution is 0.0690. The molecule has 3 rings (SSSR count). The molecular formula is C15H20N2O2S. The molecule has 0 aromatic carbocycles. The minimum Gasteiger partial charge on any atom is -0.478 e. The molecule has 0 aliphatic heterocycles. The van der Waals surface area contributed by atoms with Gasteiger partial charge in [0.1, 0.15) is 16.4 Å². The summed E-state index contributed by atoms with van der Waals surface area (Å²) in [6, 6.07) is 0. The number of nitrogens with zero attached hydrogens (tertiary/aromatic N) is 2. The van der Waals surface area contributed by atoms with Crippen LogP contribution in [0.4, 0.5) is 0 Å². The fourth-order valence-electron chi connectivity index (χ4n) is 2.82. The predicted octanol–water partition coefficient (Wildman–Crippen LogP) is 3.64. The van der Waals surface area contributed by atoms with Gasteiger partial charge in [0, 0.05) is 11.7 Å². The van der Waals surface area contributed by atoms with Gasteiger partial charge in [-0.15, -0.1) is 11.8 Å². The largest absolute Gasteiger partial charge is 0.478 e. The highest BCUT2D eigenvalue weighted by atomic mass is 32.2. The van der Waals surface area contributed by atoms with E-state index in [-0.39, 0.29) is 0 Å². The first-order valence-corrected chi connectivity index (χ1v) is 8.38. The number of carboxylic acids is 1. The van der Waals surface area contributed by atoms with Crippen LogP contribution in [0.2, 0.25) is 0 Å². The Hall–Kier alpha value is -1.10. The van der Waals surface area contributed by atoms with Crippen LogP contribution in [-0.2, 0) is 0 Å². The van der Waals surface area contributed by atoms with Crippen LogP contribution >= 0.6 is 11.8 Å². The molecule has 2 saturated carbocycles. The van der Waals surface area contributed by atoms with Gasteiger partial charge in [-0.05, 0) is 38.5 Å². The molecule has 1 aromatic rings. The average molecular weight is 292 g/mol. The van der Waals surface area contributed by atoms with Crippen LogP contribution in [0.3, 0.4) is 0 Å². The Kier molecular flexibility index (Phi) is 3.96. The Morgan fingerprint density at radius 2 is 1.95 bits per heavy atom. The van der Waals surface area contributed by atoms with E-state index in [0.717, 1.165) is 30.3 Å². The van der Waals surface area contributed by atoms with Crippen molar-refractivity contribution in [1.82, 2.24) is 9.97 Å². The van der Waals surface area contributed by atoms with Crippen LogP contribution in [0, 0.1) is 12.8 Å². The summed E-state index contributed by atoms with van der Waals surface area (Å²) in [5.41, 5.74) is 0.917. The Bertz CT molecular complexity index is 523. The van der Waals surface area contributed by atoms with Gasteiger partial charge in [0.05, 0.1) is 5.69 Å². The minimum absolute atomic E-state index is 0.303. The molecule has 4 nitrogen and oxygen atoms in total. The molecule has 108 valence electrons. The molecule has 5 heteroatoms. The number of aryl methyl sites for hydroxylation is 1. The number of aromatic carboxylic acids is 1. The molecular weight excluding hydrogens is 272 g/mol. The van der Waals surface area contributed by atoms with Crippen LogP contribution in [0.25, 0.3) is 0 Å². The molecule has 1 N–H and O–H groups in total. The Morgan fingerprint density at radius 1 is 1.25 bits per heavy atom. The van der Waals surface area contributed by atoms with Gasteiger partial charge >= 0.3 is 5.97 Å². The molecule has 1 aromatic heterocycles. The molecule has 0 radical (unpaired) electrons. The van der Waals surface area contributed by atoms with Gasteiger partial charge in [-0.25, -0.2) is 14.8 Å². The zero-order valence-electron chi connectivity index (χ0n) is 11.8. The molecule has 2 fully saturated rings. The highest BCUT2D eigenvalue weighted by Gasteiger charge is 2.29. The first-order chi connectivity index (χ1) is 9.65. The second kappa shape index (κ2) is 5.72. The number of rotatable bonds is 5. The van der Waals surface area contributed by atoms with Gasteiger partial charge in [-0.1, -0.05) is 12.8 Å². The number of thioether (sulfide) groups is 1. The second-order valence-electron chi connectivity index (χ2n) is 5.89. The molecule has 0 atom stereocenters. The van der Waals surface area contributed by atoms with Crippen LogP contribution in [0.1, 0.15) is 66.3 Å². The summed E-state index contributed by atoms with van der Waals surface area (Å²) in [5, 5.41) is 10.1. The average Bonchev–Trinajstić information content (AvgIpc) is 3.12. The van der Waals surface area contributed by atoms with Gasteiger partial charge in [0.2, 0.25) is 0 Å². The maximum atomic E-state index is 11.4. The molecule has 2 aliphatic carbocycles. The summed E-state index contributed by atoms with van der Waals surface area (Å²) in [6.07, 6.45) is 7.45. The fourth-order valence-corrected chi connectivity index (χ4v) is 4.08. The lowest BCUT2D eigenvalue weighted by Gasteiger charge is -2.12. The number of carbonyl (C=O) groups is 1. The van der Waals surface area contributed by atoms with E-state index in [9.17, 15) is 9.90 Å². The van der Waals surface area contributed by atoms with Gasteiger partial charge < -0.3 is 5.11 Å². The summed E-state index contributed by atoms with van der Waals surface area (Å²) in [6.45, 7) is 1.79. The van der Waals surface area contributed by atoms with Gasteiger partial charge in [-0.3, -0.25) is 0 Å². The molecule has 0 bridgehead atoms. The van der Waals surface area contributed by atoms with Crippen molar-refractivity contribution >= 4 is 17.7 Å². The predicted molar refractivity (Wildman–Crippen MR) is 78.4 cm³/mol. The van der Waals surface area contributed by atoms with E-state index in [1.807, 2.05) is 0 Å². The molecule has 0 unspecified atom stereocenters. The lowest BCUT2D eigenvalue weighted by Crippen LogP contribution is -2.10. The smallest absolute Gasteiger partial charge is 0.340 e. The molecule has 2 aliphatic rings. The Morgan fingerprint density at radius 3 is 2.55 bits per heavy atom. The van der Waals surface area contributed by atoms with Crippen molar-refractivity contribution in [2.24, 2.45) is 5.92 Å². The SMILES string of the molecule is Cc1nc(C2CC2)nc(SCC2CCCC2)c1C(=O)O. The Labute approximate surface area is 123 Å². The normalized spacial score (nSPS) is 19.4. The van der Waals surface area contributed by atoms with Crippen molar-refractivity contribution < 1.29 is 9.90 Å². The van der Waals surface area contributed by atoms with Gasteiger partial charge in [0.15, 0.2) is 0 Å². The molecule has 0 saturated heterocycles. The topological polar surface area (TPSA) is 63.1 Å². The highest BCUT2D eigenvalue weighted by Crippen LogP contribution is 2.40. The van der Waals surface area contributed by atoms with E-state index in [1.54, 1.807) is 18.7 Å². The van der Waals surface area contributed by atoms with Crippen LogP contribution in [0.5, 0.6) is 0 Å². The summed E-state index contributed by atoms with van der Waals surface area (Å²) < 4.78 is 0. The van der Waals surface area contributed by atoms with Crippen molar-refractivity contribution in [3.05, 3.63) is 17.1 Å². The van der Waals surface area contributed by atoms with Crippen LogP contribution < -0.4 is 0 Å². The van der Waals surface area contributed by atoms with Crippen molar-refractivity contribution in [2.45, 2.75) is 56.4 Å². The zero-order chi connectivity index (χ0) is 14.1. The standard InChI is InChI=1S/C15H20N2O2S/c1-9-12(15(18)19)14(17-13(16-9)11-6-7-11)20-8-10-4-2-3-5-10/h10-11H,2-8H2,1H3,(H,18,19). The number of hydrogen-bond acceptors (Lipinski definition) is 4. The third-order valence-corrected chi connectivity index (χ3v) is 5.37. The van der Waals surface area contributed by atoms with Crippen molar-refractivity contribution in [3.63, 3.8) is 0 Å². The first kappa shape index (κ1) is 13.9. The fraction of sp³-hybridized carbons (Fsp3) is 0.667. The quantitative estimate of drug-likeness (QED) is 0.663. The Balaban J connectivity index is 1.82. The zero-order valence-corrected chi connectivity index (χ0v) is 12.6. The van der Waals surface area contributed by atoms with Crippen molar-refractivity contribution in [3.8, 4) is 0 Å². The maximum absolute atomic E-state index is 11.4. The molecule has 0 amide bonds. The van der Waals surface area contributed by atoms with Crippen molar-refractivity contribution in [1.29, 1.82) is 0 Å². The number of hydrogen-bond donors (Lipinski definition) is 1. The third-order valence-electron chi connectivity index (χ3n) is 4.16. The van der Waals surface area contributed by atoms with E-state index in [1.165, 1.54) is 25.7 Å². The number of carboxylic acid groups (broad SMARTS) is 1. The second-order valence-corrected chi connectivity index (χ2v) is 6.90. The van der Waals surface area contributed by atoms with Crippen LogP contribution in [-0.4, -0.2) is 26.8 Å². The first-order valence-electron chi connectivity index (χ1n) is 7.39. The maximum Gasteiger partial charge on any atom is 0.340 e. The third kappa shape index (κ3) is 2.97. The highest BCUT2D eigenvalue weighted by molar-refractivity contribution is 7.99. The summed E-state index contributed by atoms with van der Waals surface area (Å²) in [4.78, 5) is 20.4. The monoisotopic (exact) mass is 292 g/mol. The summed E-state index contributed by atoms with van der Waals surface area (Å²) >= 11 is 1.61. The molecule has 1 heterocycles. The van der Waals surface area contributed by atoms with Crippen LogP contribution in [0.15, 0.2) is 5.03 Å². The minimum atomic E-state index is -0.904. The number of aromatic nitrogens is 2. The lowest BCUT2D eigenvalue weighted by atomic mass is 10.1. The molecule has 20 heavy (non-hydrogen) atoms. The van der Waals surface area contributed by atoms with E-state index in [0.29, 0.717) is 22.2 Å². The van der Waals surface area contributed by atoms with E-state index >= 15 is 0 Å². The van der Waals surface area contributed by atoms with E-state index in [4.69, 9.17) is 0 Å². The summed E-state index contributed by atoms with van der Waals surface area (Å²) in [7, 11) is 0.